The van der Waals surface area contributed by atoms with E-state index in [1.165, 1.54) is 11.3 Å². The van der Waals surface area contributed by atoms with E-state index in [0.29, 0.717) is 16.0 Å². The Morgan fingerprint density at radius 2 is 1.84 bits per heavy atom. The molecule has 2 aromatic heterocycles. The van der Waals surface area contributed by atoms with Crippen molar-refractivity contribution in [3.05, 3.63) is 29.0 Å². The highest BCUT2D eigenvalue weighted by Crippen LogP contribution is 2.38. The Balaban J connectivity index is 1.93. The van der Waals surface area contributed by atoms with Crippen LogP contribution in [0.15, 0.2) is 17.6 Å². The minimum absolute atomic E-state index is 0.219. The number of piperazine rings is 1. The molecule has 0 aliphatic carbocycles. The van der Waals surface area contributed by atoms with Gasteiger partial charge in [0.15, 0.2) is 5.82 Å². The van der Waals surface area contributed by atoms with Gasteiger partial charge in [0.2, 0.25) is 0 Å². The van der Waals surface area contributed by atoms with Crippen LogP contribution in [-0.2, 0) is 6.18 Å². The summed E-state index contributed by atoms with van der Waals surface area (Å²) >= 11 is 1.24. The van der Waals surface area contributed by atoms with Crippen LogP contribution in [0, 0.1) is 5.82 Å². The molecule has 0 bridgehead atoms. The Morgan fingerprint density at radius 1 is 1.12 bits per heavy atom. The van der Waals surface area contributed by atoms with E-state index in [2.05, 4.69) is 19.8 Å². The fourth-order valence-electron chi connectivity index (χ4n) is 3.06. The minimum Gasteiger partial charge on any atom is -0.352 e. The Morgan fingerprint density at radius 3 is 2.52 bits per heavy atom. The standard InChI is InChI=1S/C16H14F4N4S/c1-23-2-4-24(5-3-23)15-13-14(25-8-21-13)9-6-10(16(18,19)20)11(17)7-12(9)22-15/h6-8H,2-5H2,1H3. The molecule has 1 saturated heterocycles. The number of nitrogens with zero attached hydrogens (tertiary/aromatic N) is 4. The quantitative estimate of drug-likeness (QED) is 0.611. The van der Waals surface area contributed by atoms with Gasteiger partial charge in [-0.1, -0.05) is 0 Å². The molecule has 0 amide bonds. The van der Waals surface area contributed by atoms with Gasteiger partial charge in [0.05, 0.1) is 21.3 Å². The number of benzene rings is 1. The Hall–Kier alpha value is -2.00. The molecule has 25 heavy (non-hydrogen) atoms. The lowest BCUT2D eigenvalue weighted by Crippen LogP contribution is -2.44. The molecular weight excluding hydrogens is 356 g/mol. The van der Waals surface area contributed by atoms with Crippen molar-refractivity contribution >= 4 is 38.3 Å². The topological polar surface area (TPSA) is 32.3 Å². The number of hydrogen-bond donors (Lipinski definition) is 0. The van der Waals surface area contributed by atoms with Gasteiger partial charge in [-0.15, -0.1) is 11.3 Å². The van der Waals surface area contributed by atoms with Crippen molar-refractivity contribution in [2.45, 2.75) is 6.18 Å². The number of anilines is 1. The fourth-order valence-corrected chi connectivity index (χ4v) is 3.87. The number of pyridine rings is 1. The Labute approximate surface area is 144 Å². The molecule has 0 unspecified atom stereocenters. The fraction of sp³-hybridized carbons (Fsp3) is 0.375. The van der Waals surface area contributed by atoms with E-state index in [-0.39, 0.29) is 10.9 Å². The third-order valence-corrected chi connectivity index (χ3v) is 5.30. The van der Waals surface area contributed by atoms with Crippen LogP contribution in [0.5, 0.6) is 0 Å². The summed E-state index contributed by atoms with van der Waals surface area (Å²) in [6.07, 6.45) is -4.74. The highest BCUT2D eigenvalue weighted by Gasteiger charge is 2.35. The second kappa shape index (κ2) is 5.77. The van der Waals surface area contributed by atoms with Gasteiger partial charge in [-0.3, -0.25) is 0 Å². The molecule has 4 nitrogen and oxygen atoms in total. The van der Waals surface area contributed by atoms with Gasteiger partial charge in [0.1, 0.15) is 11.3 Å². The van der Waals surface area contributed by atoms with Gasteiger partial charge >= 0.3 is 6.18 Å². The van der Waals surface area contributed by atoms with Crippen LogP contribution in [0.1, 0.15) is 5.56 Å². The predicted molar refractivity (Wildman–Crippen MR) is 89.6 cm³/mol. The van der Waals surface area contributed by atoms with Gasteiger partial charge in [0.25, 0.3) is 0 Å². The smallest absolute Gasteiger partial charge is 0.352 e. The first-order valence-corrected chi connectivity index (χ1v) is 8.59. The molecule has 3 aromatic rings. The molecule has 0 atom stereocenters. The summed E-state index contributed by atoms with van der Waals surface area (Å²) in [6, 6.07) is 1.71. The highest BCUT2D eigenvalue weighted by atomic mass is 32.1. The molecule has 0 spiro atoms. The van der Waals surface area contributed by atoms with Gasteiger partial charge in [-0.05, 0) is 13.1 Å². The Bertz CT molecular complexity index is 945. The van der Waals surface area contributed by atoms with E-state index in [1.54, 1.807) is 5.51 Å². The third kappa shape index (κ3) is 2.81. The lowest BCUT2D eigenvalue weighted by molar-refractivity contribution is -0.139. The van der Waals surface area contributed by atoms with Crippen molar-refractivity contribution in [3.8, 4) is 0 Å². The summed E-state index contributed by atoms with van der Waals surface area (Å²) in [5, 5.41) is 0.282. The lowest BCUT2D eigenvalue weighted by atomic mass is 10.1. The molecule has 0 radical (unpaired) electrons. The maximum absolute atomic E-state index is 14.0. The third-order valence-electron chi connectivity index (χ3n) is 4.44. The van der Waals surface area contributed by atoms with E-state index in [1.807, 2.05) is 7.05 Å². The van der Waals surface area contributed by atoms with Crippen molar-refractivity contribution in [2.24, 2.45) is 0 Å². The lowest BCUT2D eigenvalue weighted by Gasteiger charge is -2.33. The number of aromatic nitrogens is 2. The van der Waals surface area contributed by atoms with E-state index < -0.39 is 17.6 Å². The monoisotopic (exact) mass is 370 g/mol. The summed E-state index contributed by atoms with van der Waals surface area (Å²) in [4.78, 5) is 13.0. The average molecular weight is 370 g/mol. The number of hydrogen-bond acceptors (Lipinski definition) is 5. The van der Waals surface area contributed by atoms with Crippen molar-refractivity contribution in [2.75, 3.05) is 38.1 Å². The van der Waals surface area contributed by atoms with Crippen LogP contribution < -0.4 is 4.90 Å². The first-order chi connectivity index (χ1) is 11.8. The van der Waals surface area contributed by atoms with Crippen molar-refractivity contribution in [1.82, 2.24) is 14.9 Å². The predicted octanol–water partition coefficient (Wildman–Crippen LogP) is 3.75. The largest absolute Gasteiger partial charge is 0.419 e. The van der Waals surface area contributed by atoms with Crippen molar-refractivity contribution in [1.29, 1.82) is 0 Å². The number of alkyl halides is 3. The van der Waals surface area contributed by atoms with Crippen LogP contribution in [0.3, 0.4) is 0 Å². The van der Waals surface area contributed by atoms with Crippen LogP contribution in [0.4, 0.5) is 23.4 Å². The van der Waals surface area contributed by atoms with Crippen LogP contribution in [0.25, 0.3) is 21.1 Å². The minimum atomic E-state index is -4.74. The molecule has 0 N–H and O–H groups in total. The van der Waals surface area contributed by atoms with Crippen LogP contribution in [0.2, 0.25) is 0 Å². The number of thiazole rings is 1. The second-order valence-corrected chi connectivity index (χ2v) is 6.96. The number of rotatable bonds is 1. The van der Waals surface area contributed by atoms with Gasteiger partial charge in [-0.25, -0.2) is 14.4 Å². The molecule has 1 aliphatic heterocycles. The summed E-state index contributed by atoms with van der Waals surface area (Å²) in [6.45, 7) is 3.19. The van der Waals surface area contributed by atoms with E-state index in [9.17, 15) is 17.6 Å². The van der Waals surface area contributed by atoms with Crippen LogP contribution in [-0.4, -0.2) is 48.1 Å². The molecule has 9 heteroatoms. The van der Waals surface area contributed by atoms with Gasteiger partial charge < -0.3 is 9.80 Å². The first-order valence-electron chi connectivity index (χ1n) is 7.72. The van der Waals surface area contributed by atoms with Gasteiger partial charge in [-0.2, -0.15) is 13.2 Å². The molecule has 0 saturated carbocycles. The zero-order valence-electron chi connectivity index (χ0n) is 13.3. The molecule has 1 aliphatic rings. The van der Waals surface area contributed by atoms with E-state index in [4.69, 9.17) is 0 Å². The van der Waals surface area contributed by atoms with Crippen molar-refractivity contribution < 1.29 is 17.6 Å². The summed E-state index contributed by atoms with van der Waals surface area (Å²) in [5.41, 5.74) is 1.10. The number of fused-ring (bicyclic) bond motifs is 3. The molecule has 1 aromatic carbocycles. The SMILES string of the molecule is CN1CCN(c2nc3cc(F)c(C(F)(F)F)cc3c3scnc23)CC1. The summed E-state index contributed by atoms with van der Waals surface area (Å²) in [5.74, 6) is -0.697. The maximum atomic E-state index is 14.0. The average Bonchev–Trinajstić information content (AvgIpc) is 3.03. The summed E-state index contributed by atoms with van der Waals surface area (Å²) in [7, 11) is 2.03. The molecule has 132 valence electrons. The zero-order chi connectivity index (χ0) is 17.8. The molecular formula is C16H14F4N4S. The van der Waals surface area contributed by atoms with E-state index >= 15 is 0 Å². The number of likely N-dealkylation sites (N-methyl/N-ethyl adjacent to an activating group) is 1. The number of halogens is 4. The molecule has 3 heterocycles. The molecule has 1 fully saturated rings. The zero-order valence-corrected chi connectivity index (χ0v) is 14.1. The normalized spacial score (nSPS) is 16.9. The summed E-state index contributed by atoms with van der Waals surface area (Å²) < 4.78 is 53.6. The first kappa shape index (κ1) is 16.5. The molecule has 4 rings (SSSR count). The van der Waals surface area contributed by atoms with Crippen molar-refractivity contribution in [3.63, 3.8) is 0 Å². The highest BCUT2D eigenvalue weighted by molar-refractivity contribution is 7.17. The Kier molecular flexibility index (Phi) is 3.80. The van der Waals surface area contributed by atoms with Crippen LogP contribution >= 0.6 is 11.3 Å². The maximum Gasteiger partial charge on any atom is 0.419 e. The van der Waals surface area contributed by atoms with Gasteiger partial charge in [0, 0.05) is 37.6 Å². The van der Waals surface area contributed by atoms with E-state index in [0.717, 1.165) is 38.3 Å². The second-order valence-electron chi connectivity index (χ2n) is 6.10.